The molecular weight excluding hydrogens is 425 g/mol. The first-order valence-electron chi connectivity index (χ1n) is 9.31. The highest BCUT2D eigenvalue weighted by molar-refractivity contribution is 6.35. The van der Waals surface area contributed by atoms with Gasteiger partial charge < -0.3 is 15.8 Å². The zero-order valence-corrected chi connectivity index (χ0v) is 17.8. The fourth-order valence-corrected chi connectivity index (χ4v) is 3.98. The van der Waals surface area contributed by atoms with Gasteiger partial charge in [0.15, 0.2) is 5.82 Å². The molecule has 0 fully saturated rings. The van der Waals surface area contributed by atoms with Crippen molar-refractivity contribution >= 4 is 35.1 Å². The van der Waals surface area contributed by atoms with E-state index >= 15 is 0 Å². The van der Waals surface area contributed by atoms with E-state index in [1.54, 1.807) is 29.8 Å². The number of anilines is 1. The van der Waals surface area contributed by atoms with Crippen molar-refractivity contribution in [3.8, 4) is 17.1 Å². The lowest BCUT2D eigenvalue weighted by Crippen LogP contribution is -2.32. The highest BCUT2D eigenvalue weighted by Gasteiger charge is 2.34. The maximum absolute atomic E-state index is 12.3. The summed E-state index contributed by atoms with van der Waals surface area (Å²) in [5.74, 6) is 1.18. The van der Waals surface area contributed by atoms with Crippen LogP contribution in [0.25, 0.3) is 11.4 Å². The molecule has 1 atom stereocenters. The Bertz CT molecular complexity index is 1150. The van der Waals surface area contributed by atoms with E-state index in [1.165, 1.54) is 0 Å². The molecule has 2 aromatic carbocycles. The fraction of sp³-hybridized carbons (Fsp3) is 0.190. The molecule has 1 unspecified atom stereocenters. The molecule has 1 aliphatic rings. The molecule has 30 heavy (non-hydrogen) atoms. The standard InChI is InChI=1S/C21H19Cl2N5O2/c1-3-30-14-7-4-12(5-8-14)20-26-21-25-11(2)17(19(24)29)18(28(21)27-20)15-9-6-13(22)10-16(15)23/h4-10,18H,3H2,1-2H3,(H2,24,29)(H,25,26,27). The van der Waals surface area contributed by atoms with Gasteiger partial charge in [-0.05, 0) is 50.2 Å². The molecule has 1 amide bonds. The average Bonchev–Trinajstić information content (AvgIpc) is 3.11. The number of fused-ring (bicyclic) bond motifs is 1. The van der Waals surface area contributed by atoms with Gasteiger partial charge in [-0.1, -0.05) is 29.3 Å². The Kier molecular flexibility index (Phi) is 5.40. The molecule has 0 bridgehead atoms. The SMILES string of the molecule is CCOc1ccc(-c2nc3n(n2)C(c2ccc(Cl)cc2Cl)C(C(N)=O)=C(C)N3)cc1. The molecule has 7 nitrogen and oxygen atoms in total. The topological polar surface area (TPSA) is 95.1 Å². The van der Waals surface area contributed by atoms with Gasteiger partial charge in [0.05, 0.1) is 12.2 Å². The number of rotatable bonds is 5. The number of benzene rings is 2. The second-order valence-corrected chi connectivity index (χ2v) is 7.60. The van der Waals surface area contributed by atoms with Crippen LogP contribution in [0.2, 0.25) is 10.0 Å². The number of nitrogens with one attached hydrogen (secondary N) is 1. The minimum Gasteiger partial charge on any atom is -0.494 e. The molecule has 0 saturated carbocycles. The summed E-state index contributed by atoms with van der Waals surface area (Å²) in [7, 11) is 0. The van der Waals surface area contributed by atoms with Crippen LogP contribution in [0.4, 0.5) is 5.95 Å². The Balaban J connectivity index is 1.83. The Morgan fingerprint density at radius 1 is 1.23 bits per heavy atom. The summed E-state index contributed by atoms with van der Waals surface area (Å²) in [6.07, 6.45) is 0. The Morgan fingerprint density at radius 3 is 2.60 bits per heavy atom. The molecule has 3 aromatic rings. The number of halogens is 2. The molecule has 4 rings (SSSR count). The van der Waals surface area contributed by atoms with Crippen LogP contribution < -0.4 is 15.8 Å². The summed E-state index contributed by atoms with van der Waals surface area (Å²) in [5.41, 5.74) is 8.11. The highest BCUT2D eigenvalue weighted by Crippen LogP contribution is 2.39. The van der Waals surface area contributed by atoms with E-state index in [0.717, 1.165) is 11.3 Å². The lowest BCUT2D eigenvalue weighted by atomic mass is 9.95. The lowest BCUT2D eigenvalue weighted by molar-refractivity contribution is -0.115. The third-order valence-electron chi connectivity index (χ3n) is 4.80. The minimum absolute atomic E-state index is 0.356. The summed E-state index contributed by atoms with van der Waals surface area (Å²) in [6, 6.07) is 11.9. The Hall–Kier alpha value is -3.03. The van der Waals surface area contributed by atoms with Crippen LogP contribution in [0.15, 0.2) is 53.7 Å². The van der Waals surface area contributed by atoms with Gasteiger partial charge in [-0.15, -0.1) is 5.10 Å². The van der Waals surface area contributed by atoms with E-state index < -0.39 is 11.9 Å². The van der Waals surface area contributed by atoms with Gasteiger partial charge in [0, 0.05) is 26.9 Å². The summed E-state index contributed by atoms with van der Waals surface area (Å²) in [4.78, 5) is 16.9. The molecule has 1 aliphatic heterocycles. The van der Waals surface area contributed by atoms with Gasteiger partial charge in [0.25, 0.3) is 0 Å². The third kappa shape index (κ3) is 3.62. The van der Waals surface area contributed by atoms with Crippen molar-refractivity contribution in [1.82, 2.24) is 14.8 Å². The van der Waals surface area contributed by atoms with Gasteiger partial charge in [-0.2, -0.15) is 4.98 Å². The summed E-state index contributed by atoms with van der Waals surface area (Å²) < 4.78 is 7.11. The van der Waals surface area contributed by atoms with Crippen LogP contribution in [0, 0.1) is 0 Å². The van der Waals surface area contributed by atoms with E-state index in [-0.39, 0.29) is 0 Å². The number of ether oxygens (including phenoxy) is 1. The van der Waals surface area contributed by atoms with E-state index in [4.69, 9.17) is 33.7 Å². The van der Waals surface area contributed by atoms with Crippen LogP contribution in [0.1, 0.15) is 25.5 Å². The summed E-state index contributed by atoms with van der Waals surface area (Å²) in [5, 5.41) is 8.67. The molecule has 154 valence electrons. The highest BCUT2D eigenvalue weighted by atomic mass is 35.5. The Morgan fingerprint density at radius 2 is 1.97 bits per heavy atom. The molecule has 0 radical (unpaired) electrons. The van der Waals surface area contributed by atoms with Gasteiger partial charge in [0.1, 0.15) is 11.8 Å². The predicted octanol–water partition coefficient (Wildman–Crippen LogP) is 4.42. The third-order valence-corrected chi connectivity index (χ3v) is 5.36. The van der Waals surface area contributed by atoms with Crippen LogP contribution in [-0.2, 0) is 4.79 Å². The summed E-state index contributed by atoms with van der Waals surface area (Å²) >= 11 is 12.5. The van der Waals surface area contributed by atoms with Crippen molar-refractivity contribution in [2.24, 2.45) is 5.73 Å². The lowest BCUT2D eigenvalue weighted by Gasteiger charge is -2.28. The van der Waals surface area contributed by atoms with E-state index in [2.05, 4.69) is 15.4 Å². The largest absolute Gasteiger partial charge is 0.494 e. The van der Waals surface area contributed by atoms with Crippen molar-refractivity contribution in [3.63, 3.8) is 0 Å². The fourth-order valence-electron chi connectivity index (χ4n) is 3.47. The van der Waals surface area contributed by atoms with Gasteiger partial charge >= 0.3 is 0 Å². The first kappa shape index (κ1) is 20.3. The quantitative estimate of drug-likeness (QED) is 0.608. The second kappa shape index (κ2) is 8.01. The number of hydrogen-bond acceptors (Lipinski definition) is 5. The molecular formula is C21H19Cl2N5O2. The molecule has 2 heterocycles. The van der Waals surface area contributed by atoms with Crippen LogP contribution in [0.5, 0.6) is 5.75 Å². The van der Waals surface area contributed by atoms with Crippen molar-refractivity contribution < 1.29 is 9.53 Å². The molecule has 1 aromatic heterocycles. The maximum Gasteiger partial charge on any atom is 0.248 e. The smallest absolute Gasteiger partial charge is 0.248 e. The Labute approximate surface area is 183 Å². The monoisotopic (exact) mass is 443 g/mol. The number of aromatic nitrogens is 3. The van der Waals surface area contributed by atoms with Crippen LogP contribution in [0.3, 0.4) is 0 Å². The van der Waals surface area contributed by atoms with E-state index in [9.17, 15) is 4.79 Å². The first-order valence-corrected chi connectivity index (χ1v) is 10.1. The first-order chi connectivity index (χ1) is 14.4. The van der Waals surface area contributed by atoms with Crippen LogP contribution in [-0.4, -0.2) is 27.3 Å². The number of amides is 1. The number of nitrogens with zero attached hydrogens (tertiary/aromatic N) is 3. The van der Waals surface area contributed by atoms with E-state index in [1.807, 2.05) is 31.2 Å². The van der Waals surface area contributed by atoms with Crippen molar-refractivity contribution in [2.75, 3.05) is 11.9 Å². The number of nitrogens with two attached hydrogens (primary N) is 1. The van der Waals surface area contributed by atoms with Crippen molar-refractivity contribution in [3.05, 3.63) is 69.3 Å². The van der Waals surface area contributed by atoms with Crippen LogP contribution >= 0.6 is 23.2 Å². The minimum atomic E-state index is -0.632. The number of carbonyl (C=O) groups is 1. The summed E-state index contributed by atoms with van der Waals surface area (Å²) in [6.45, 7) is 4.29. The normalized spacial score (nSPS) is 15.5. The maximum atomic E-state index is 12.3. The molecule has 0 spiro atoms. The van der Waals surface area contributed by atoms with Gasteiger partial charge in [-0.3, -0.25) is 4.79 Å². The molecule has 3 N–H and O–H groups in total. The van der Waals surface area contributed by atoms with Gasteiger partial charge in [-0.25, -0.2) is 4.68 Å². The molecule has 9 heteroatoms. The van der Waals surface area contributed by atoms with Gasteiger partial charge in [0.2, 0.25) is 11.9 Å². The zero-order valence-electron chi connectivity index (χ0n) is 16.3. The predicted molar refractivity (Wildman–Crippen MR) is 117 cm³/mol. The zero-order chi connectivity index (χ0) is 21.4. The second-order valence-electron chi connectivity index (χ2n) is 6.76. The average molecular weight is 444 g/mol. The number of hydrogen-bond donors (Lipinski definition) is 2. The molecule has 0 aliphatic carbocycles. The number of primary amides is 1. The number of allylic oxidation sites excluding steroid dienone is 1. The van der Waals surface area contributed by atoms with Crippen molar-refractivity contribution in [1.29, 1.82) is 0 Å². The van der Waals surface area contributed by atoms with E-state index in [0.29, 0.717) is 45.3 Å². The van der Waals surface area contributed by atoms with Crippen molar-refractivity contribution in [2.45, 2.75) is 19.9 Å². The number of carbonyl (C=O) groups excluding carboxylic acids is 1. The molecule has 0 saturated heterocycles.